The molecule has 18 heavy (non-hydrogen) atoms. The van der Waals surface area contributed by atoms with Crippen LogP contribution in [0.4, 0.5) is 5.69 Å². The maximum atomic E-state index is 12.2. The molecule has 1 aliphatic rings. The molecule has 0 saturated carbocycles. The number of hydrogen-bond acceptors (Lipinski definition) is 3. The largest absolute Gasteiger partial charge is 0.481 e. The average molecular weight is 248 g/mol. The minimum Gasteiger partial charge on any atom is -0.481 e. The summed E-state index contributed by atoms with van der Waals surface area (Å²) in [4.78, 5) is 24.3. The van der Waals surface area contributed by atoms with Crippen LogP contribution in [-0.4, -0.2) is 35.0 Å². The van der Waals surface area contributed by atoms with Crippen molar-refractivity contribution < 1.29 is 14.7 Å². The van der Waals surface area contributed by atoms with E-state index in [4.69, 9.17) is 10.8 Å². The van der Waals surface area contributed by atoms with Gasteiger partial charge in [-0.25, -0.2) is 0 Å². The van der Waals surface area contributed by atoms with Crippen molar-refractivity contribution >= 4 is 17.6 Å². The van der Waals surface area contributed by atoms with E-state index >= 15 is 0 Å². The van der Waals surface area contributed by atoms with Gasteiger partial charge in [-0.1, -0.05) is 6.07 Å². The molecule has 3 N–H and O–H groups in total. The van der Waals surface area contributed by atoms with Gasteiger partial charge in [-0.15, -0.1) is 0 Å². The number of aliphatic carboxylic acids is 1. The summed E-state index contributed by atoms with van der Waals surface area (Å²) in [5, 5.41) is 8.58. The number of nitrogen functional groups attached to an aromatic ring is 1. The topological polar surface area (TPSA) is 83.6 Å². The maximum absolute atomic E-state index is 12.2. The fraction of sp³-hybridized carbons (Fsp3) is 0.385. The van der Waals surface area contributed by atoms with E-state index in [-0.39, 0.29) is 12.3 Å². The van der Waals surface area contributed by atoms with E-state index in [9.17, 15) is 9.59 Å². The summed E-state index contributed by atoms with van der Waals surface area (Å²) in [5.74, 6) is -0.877. The van der Waals surface area contributed by atoms with Crippen LogP contribution in [0.2, 0.25) is 0 Å². The lowest BCUT2D eigenvalue weighted by Gasteiger charge is -2.28. The molecule has 96 valence electrons. The zero-order valence-corrected chi connectivity index (χ0v) is 10.1. The number of carboxylic acids is 1. The van der Waals surface area contributed by atoms with Gasteiger partial charge < -0.3 is 15.7 Å². The molecule has 5 nitrogen and oxygen atoms in total. The first kappa shape index (κ1) is 12.4. The number of rotatable bonds is 4. The fourth-order valence-electron chi connectivity index (χ4n) is 2.17. The van der Waals surface area contributed by atoms with Crippen molar-refractivity contribution in [3.8, 4) is 0 Å². The first-order valence-corrected chi connectivity index (χ1v) is 5.97. The van der Waals surface area contributed by atoms with Gasteiger partial charge in [0.1, 0.15) is 0 Å². The molecule has 0 aliphatic carbocycles. The normalized spacial score (nSPS) is 14.4. The number of carbonyl (C=O) groups excluding carboxylic acids is 1. The van der Waals surface area contributed by atoms with Crippen molar-refractivity contribution in [3.05, 3.63) is 29.3 Å². The van der Waals surface area contributed by atoms with Crippen LogP contribution < -0.4 is 5.73 Å². The predicted molar refractivity (Wildman–Crippen MR) is 67.3 cm³/mol. The van der Waals surface area contributed by atoms with Crippen molar-refractivity contribution in [2.75, 3.05) is 18.8 Å². The highest BCUT2D eigenvalue weighted by atomic mass is 16.4. The minimum atomic E-state index is -0.830. The zero-order valence-electron chi connectivity index (χ0n) is 10.1. The highest BCUT2D eigenvalue weighted by molar-refractivity contribution is 5.97. The highest BCUT2D eigenvalue weighted by Crippen LogP contribution is 2.21. The standard InChI is InChI=1S/C13H16N2O3/c14-10-4-3-9-5-7-15(6-1-2-12(16)17)13(18)11(9)8-10/h3-4,8H,1-2,5-7,14H2,(H,16,17). The fourth-order valence-corrected chi connectivity index (χ4v) is 2.17. The Hall–Kier alpha value is -2.04. The molecule has 0 spiro atoms. The molecule has 0 atom stereocenters. The Morgan fingerprint density at radius 2 is 2.22 bits per heavy atom. The zero-order chi connectivity index (χ0) is 13.1. The van der Waals surface area contributed by atoms with Gasteiger partial charge in [-0.2, -0.15) is 0 Å². The van der Waals surface area contributed by atoms with Crippen LogP contribution in [0.15, 0.2) is 18.2 Å². The predicted octanol–water partition coefficient (Wildman–Crippen LogP) is 1.13. The molecule has 0 bridgehead atoms. The van der Waals surface area contributed by atoms with E-state index in [0.717, 1.165) is 12.0 Å². The van der Waals surface area contributed by atoms with Crippen molar-refractivity contribution in [2.24, 2.45) is 0 Å². The van der Waals surface area contributed by atoms with Gasteiger partial charge in [0.05, 0.1) is 0 Å². The highest BCUT2D eigenvalue weighted by Gasteiger charge is 2.23. The van der Waals surface area contributed by atoms with Gasteiger partial charge in [-0.3, -0.25) is 9.59 Å². The number of benzene rings is 1. The Bertz CT molecular complexity index is 485. The van der Waals surface area contributed by atoms with Gasteiger partial charge in [0.2, 0.25) is 0 Å². The van der Waals surface area contributed by atoms with E-state index in [0.29, 0.717) is 30.8 Å². The first-order valence-electron chi connectivity index (χ1n) is 5.97. The molecule has 1 aromatic carbocycles. The summed E-state index contributed by atoms with van der Waals surface area (Å²) in [6.45, 7) is 1.13. The molecular formula is C13H16N2O3. The Kier molecular flexibility index (Phi) is 3.50. The molecule has 0 saturated heterocycles. The lowest BCUT2D eigenvalue weighted by Crippen LogP contribution is -2.38. The molecule has 5 heteroatoms. The van der Waals surface area contributed by atoms with Crippen molar-refractivity contribution in [2.45, 2.75) is 19.3 Å². The SMILES string of the molecule is Nc1ccc2c(c1)C(=O)N(CCCC(=O)O)CC2. The molecule has 0 aromatic heterocycles. The summed E-state index contributed by atoms with van der Waals surface area (Å²) >= 11 is 0. The quantitative estimate of drug-likeness (QED) is 0.782. The second kappa shape index (κ2) is 5.08. The van der Waals surface area contributed by atoms with Crippen molar-refractivity contribution in [3.63, 3.8) is 0 Å². The average Bonchev–Trinajstić information content (AvgIpc) is 2.32. The minimum absolute atomic E-state index is 0.0473. The molecule has 0 unspecified atom stereocenters. The molecule has 1 aromatic rings. The number of carboxylic acid groups (broad SMARTS) is 1. The first-order chi connectivity index (χ1) is 8.58. The second-order valence-electron chi connectivity index (χ2n) is 4.46. The lowest BCUT2D eigenvalue weighted by atomic mass is 9.98. The number of anilines is 1. The Morgan fingerprint density at radius 1 is 1.44 bits per heavy atom. The number of nitrogens with two attached hydrogens (primary N) is 1. The van der Waals surface area contributed by atoms with Crippen LogP contribution in [0, 0.1) is 0 Å². The Labute approximate surface area is 105 Å². The van der Waals surface area contributed by atoms with E-state index in [1.807, 2.05) is 6.07 Å². The number of nitrogens with zero attached hydrogens (tertiary/aromatic N) is 1. The Morgan fingerprint density at radius 3 is 2.94 bits per heavy atom. The van der Waals surface area contributed by atoms with E-state index < -0.39 is 5.97 Å². The van der Waals surface area contributed by atoms with Crippen LogP contribution in [0.5, 0.6) is 0 Å². The summed E-state index contributed by atoms with van der Waals surface area (Å²) in [6.07, 6.45) is 1.38. The molecular weight excluding hydrogens is 232 g/mol. The molecule has 1 aliphatic heterocycles. The van der Waals surface area contributed by atoms with Crippen molar-refractivity contribution in [1.82, 2.24) is 4.90 Å². The molecule has 2 rings (SSSR count). The van der Waals surface area contributed by atoms with E-state index in [1.165, 1.54) is 0 Å². The smallest absolute Gasteiger partial charge is 0.303 e. The summed E-state index contributed by atoms with van der Waals surface area (Å²) in [6, 6.07) is 5.38. The number of fused-ring (bicyclic) bond motifs is 1. The third-order valence-corrected chi connectivity index (χ3v) is 3.12. The number of amides is 1. The van der Waals surface area contributed by atoms with Crippen LogP contribution >= 0.6 is 0 Å². The number of hydrogen-bond donors (Lipinski definition) is 2. The monoisotopic (exact) mass is 248 g/mol. The van der Waals surface area contributed by atoms with Crippen LogP contribution in [-0.2, 0) is 11.2 Å². The van der Waals surface area contributed by atoms with Crippen LogP contribution in [0.25, 0.3) is 0 Å². The van der Waals surface area contributed by atoms with Gasteiger partial charge in [0.25, 0.3) is 5.91 Å². The third kappa shape index (κ3) is 2.61. The molecule has 0 fully saturated rings. The second-order valence-corrected chi connectivity index (χ2v) is 4.46. The molecule has 1 amide bonds. The Balaban J connectivity index is 2.05. The van der Waals surface area contributed by atoms with Gasteiger partial charge in [0.15, 0.2) is 0 Å². The summed E-state index contributed by atoms with van der Waals surface area (Å²) < 4.78 is 0. The third-order valence-electron chi connectivity index (χ3n) is 3.12. The summed E-state index contributed by atoms with van der Waals surface area (Å²) in [7, 11) is 0. The van der Waals surface area contributed by atoms with Gasteiger partial charge >= 0.3 is 5.97 Å². The number of carbonyl (C=O) groups is 2. The van der Waals surface area contributed by atoms with Gasteiger partial charge in [0, 0.05) is 30.8 Å². The molecule has 1 heterocycles. The lowest BCUT2D eigenvalue weighted by molar-refractivity contribution is -0.137. The summed E-state index contributed by atoms with van der Waals surface area (Å²) in [5.41, 5.74) is 7.93. The van der Waals surface area contributed by atoms with E-state index in [2.05, 4.69) is 0 Å². The van der Waals surface area contributed by atoms with Crippen LogP contribution in [0.1, 0.15) is 28.8 Å². The van der Waals surface area contributed by atoms with Crippen LogP contribution in [0.3, 0.4) is 0 Å². The van der Waals surface area contributed by atoms with E-state index in [1.54, 1.807) is 17.0 Å². The van der Waals surface area contributed by atoms with Crippen molar-refractivity contribution in [1.29, 1.82) is 0 Å². The molecule has 0 radical (unpaired) electrons. The van der Waals surface area contributed by atoms with Gasteiger partial charge in [-0.05, 0) is 30.5 Å². The maximum Gasteiger partial charge on any atom is 0.303 e.